The van der Waals surface area contributed by atoms with Gasteiger partial charge in [0.15, 0.2) is 0 Å². The van der Waals surface area contributed by atoms with E-state index < -0.39 is 0 Å². The van der Waals surface area contributed by atoms with Crippen LogP contribution in [0.1, 0.15) is 13.8 Å². The van der Waals surface area contributed by atoms with Crippen LogP contribution in [-0.4, -0.2) is 5.75 Å². The molecule has 0 amide bonds. The first-order chi connectivity index (χ1) is 3.91. The molecule has 0 aromatic rings. The van der Waals surface area contributed by atoms with Crippen molar-refractivity contribution in [1.82, 2.24) is 0 Å². The maximum absolute atomic E-state index is 2.83. The summed E-state index contributed by atoms with van der Waals surface area (Å²) in [4.78, 5) is 0. The molecule has 44 valence electrons. The van der Waals surface area contributed by atoms with Crippen LogP contribution in [0.2, 0.25) is 0 Å². The highest BCUT2D eigenvalue weighted by Gasteiger charge is 1.66. The van der Waals surface area contributed by atoms with Gasteiger partial charge in [0.25, 0.3) is 0 Å². The quantitative estimate of drug-likeness (QED) is 0.511. The molecule has 0 atom stereocenters. The average molecular weight is 126 g/mol. The van der Waals surface area contributed by atoms with Gasteiger partial charge in [0.1, 0.15) is 0 Å². The van der Waals surface area contributed by atoms with E-state index in [2.05, 4.69) is 18.8 Å². The highest BCUT2D eigenvalue weighted by molar-refractivity contribution is 8.02. The van der Waals surface area contributed by atoms with Gasteiger partial charge in [0.05, 0.1) is 0 Å². The number of thioether (sulfide) groups is 1. The minimum Gasteiger partial charge on any atom is -0.134 e. The highest BCUT2D eigenvalue weighted by Crippen LogP contribution is 1.97. The summed E-state index contributed by atoms with van der Waals surface area (Å²) in [5.41, 5.74) is 0. The molecule has 0 aromatic carbocycles. The minimum absolute atomic E-state index is 1.13. The van der Waals surface area contributed by atoms with Gasteiger partial charge in [-0.15, -0.1) is 17.7 Å². The molecule has 0 aliphatic rings. The summed E-state index contributed by atoms with van der Waals surface area (Å²) >= 11 is 1.76. The van der Waals surface area contributed by atoms with Gasteiger partial charge in [-0.3, -0.25) is 0 Å². The van der Waals surface area contributed by atoms with Gasteiger partial charge in [0.2, 0.25) is 0 Å². The number of hydrogen-bond acceptors (Lipinski definition) is 1. The summed E-state index contributed by atoms with van der Waals surface area (Å²) in [6, 6.07) is 0. The van der Waals surface area contributed by atoms with Crippen LogP contribution in [0.3, 0.4) is 0 Å². The third kappa shape index (κ3) is 5.65. The van der Waals surface area contributed by atoms with E-state index in [0.29, 0.717) is 0 Å². The number of hydrogen-bond donors (Lipinski definition) is 0. The summed E-state index contributed by atoms with van der Waals surface area (Å²) in [5.74, 6) is 6.74. The van der Waals surface area contributed by atoms with Crippen LogP contribution in [0.15, 0.2) is 11.5 Å². The first kappa shape index (κ1) is 7.65. The summed E-state index contributed by atoms with van der Waals surface area (Å²) in [6.07, 6.45) is 1.87. The van der Waals surface area contributed by atoms with Gasteiger partial charge < -0.3 is 0 Å². The molecular weight excluding hydrogens is 116 g/mol. The van der Waals surface area contributed by atoms with E-state index in [1.165, 1.54) is 0 Å². The number of rotatable bonds is 2. The van der Waals surface area contributed by atoms with Crippen LogP contribution in [0.25, 0.3) is 0 Å². The Kier molecular flexibility index (Phi) is 6.36. The van der Waals surface area contributed by atoms with E-state index >= 15 is 0 Å². The maximum atomic E-state index is 2.83. The molecule has 8 heavy (non-hydrogen) atoms. The maximum Gasteiger partial charge on any atom is -0.00235 e. The van der Waals surface area contributed by atoms with E-state index in [9.17, 15) is 0 Å². The lowest BCUT2D eigenvalue weighted by molar-refractivity contribution is 1.54. The van der Waals surface area contributed by atoms with Crippen LogP contribution >= 0.6 is 11.8 Å². The predicted molar refractivity (Wildman–Crippen MR) is 40.7 cm³/mol. The van der Waals surface area contributed by atoms with Crippen molar-refractivity contribution < 1.29 is 0 Å². The third-order valence-corrected chi connectivity index (χ3v) is 1.22. The van der Waals surface area contributed by atoms with Gasteiger partial charge in [-0.2, -0.15) is 0 Å². The van der Waals surface area contributed by atoms with Crippen LogP contribution in [0.5, 0.6) is 0 Å². The van der Waals surface area contributed by atoms with E-state index in [1.54, 1.807) is 11.8 Å². The zero-order valence-corrected chi connectivity index (χ0v) is 6.09. The Morgan fingerprint density at radius 2 is 2.38 bits per heavy atom. The minimum atomic E-state index is 1.13. The molecule has 0 unspecified atom stereocenters. The van der Waals surface area contributed by atoms with Crippen LogP contribution in [0, 0.1) is 11.8 Å². The highest BCUT2D eigenvalue weighted by atomic mass is 32.2. The van der Waals surface area contributed by atoms with Crippen molar-refractivity contribution in [2.75, 3.05) is 5.75 Å². The van der Waals surface area contributed by atoms with E-state index in [0.717, 1.165) is 5.75 Å². The van der Waals surface area contributed by atoms with Crippen LogP contribution < -0.4 is 0 Å². The van der Waals surface area contributed by atoms with Gasteiger partial charge in [-0.25, -0.2) is 0 Å². The Hall–Kier alpha value is -0.350. The van der Waals surface area contributed by atoms with Gasteiger partial charge >= 0.3 is 0 Å². The van der Waals surface area contributed by atoms with Crippen LogP contribution in [-0.2, 0) is 0 Å². The Morgan fingerprint density at radius 3 is 2.88 bits per heavy atom. The zero-order valence-electron chi connectivity index (χ0n) is 5.27. The van der Waals surface area contributed by atoms with Crippen molar-refractivity contribution in [1.29, 1.82) is 0 Å². The molecule has 0 spiro atoms. The van der Waals surface area contributed by atoms with Gasteiger partial charge in [-0.1, -0.05) is 12.8 Å². The first-order valence-electron chi connectivity index (χ1n) is 2.60. The fourth-order valence-electron chi connectivity index (χ4n) is 0.262. The Morgan fingerprint density at radius 1 is 1.62 bits per heavy atom. The summed E-state index contributed by atoms with van der Waals surface area (Å²) in [6.45, 7) is 3.95. The van der Waals surface area contributed by atoms with Crippen LogP contribution in [0.4, 0.5) is 0 Å². The molecule has 0 rings (SSSR count). The molecule has 0 N–H and O–H groups in total. The van der Waals surface area contributed by atoms with Crippen molar-refractivity contribution in [3.05, 3.63) is 11.5 Å². The molecule has 1 heteroatoms. The third-order valence-electron chi connectivity index (χ3n) is 0.559. The lowest BCUT2D eigenvalue weighted by Crippen LogP contribution is -1.55. The molecule has 0 heterocycles. The second kappa shape index (κ2) is 6.65. The molecule has 0 radical (unpaired) electrons. The summed E-state index contributed by atoms with van der Waals surface area (Å²) < 4.78 is 0. The zero-order chi connectivity index (χ0) is 6.24. The fraction of sp³-hybridized carbons (Fsp3) is 0.429. The molecule has 0 aliphatic carbocycles. The largest absolute Gasteiger partial charge is 0.134 e. The van der Waals surface area contributed by atoms with E-state index in [1.807, 2.05) is 18.4 Å². The molecular formula is C7H10S. The summed E-state index contributed by atoms with van der Waals surface area (Å²) in [5, 5.41) is 2.01. The van der Waals surface area contributed by atoms with Crippen molar-refractivity contribution in [3.8, 4) is 11.8 Å². The first-order valence-corrected chi connectivity index (χ1v) is 3.65. The molecule has 0 aliphatic heterocycles. The van der Waals surface area contributed by atoms with Crippen molar-refractivity contribution >= 4 is 11.8 Å². The smallest absolute Gasteiger partial charge is 0.00235 e. The Balaban J connectivity index is 3.16. The lowest BCUT2D eigenvalue weighted by atomic mass is 10.6. The van der Waals surface area contributed by atoms with Crippen molar-refractivity contribution in [2.45, 2.75) is 13.8 Å². The topological polar surface area (TPSA) is 0 Å². The standard InChI is InChI=1S/C7H10S/c1-3-5-6-7-8-4-2/h6-7H,4H2,1-2H3. The Labute approximate surface area is 55.4 Å². The fourth-order valence-corrected chi connectivity index (χ4v) is 0.618. The van der Waals surface area contributed by atoms with Crippen molar-refractivity contribution in [2.24, 2.45) is 0 Å². The summed E-state index contributed by atoms with van der Waals surface area (Å²) in [7, 11) is 0. The Bertz CT molecular complexity index is 114. The monoisotopic (exact) mass is 126 g/mol. The molecule has 0 bridgehead atoms. The normalized spacial score (nSPS) is 8.75. The molecule has 0 saturated heterocycles. The lowest BCUT2D eigenvalue weighted by Gasteiger charge is -1.77. The molecule has 0 aromatic heterocycles. The molecule has 0 fully saturated rings. The molecule has 0 saturated carbocycles. The van der Waals surface area contributed by atoms with Gasteiger partial charge in [-0.05, 0) is 24.2 Å². The second-order valence-corrected chi connectivity index (χ2v) is 2.34. The average Bonchev–Trinajstić information content (AvgIpc) is 1.81. The van der Waals surface area contributed by atoms with E-state index in [4.69, 9.17) is 0 Å². The predicted octanol–water partition coefficient (Wildman–Crippen LogP) is 2.28. The second-order valence-electron chi connectivity index (χ2n) is 1.15. The van der Waals surface area contributed by atoms with E-state index in [-0.39, 0.29) is 0 Å². The van der Waals surface area contributed by atoms with Crippen molar-refractivity contribution in [3.63, 3.8) is 0 Å². The number of allylic oxidation sites excluding steroid dienone is 1. The SMILES string of the molecule is CC#CC=CSCC. The molecule has 0 nitrogen and oxygen atoms in total. The van der Waals surface area contributed by atoms with Gasteiger partial charge in [0, 0.05) is 0 Å².